The molecule has 1 aromatic rings. The molecular weight excluding hydrogens is 330 g/mol. The summed E-state index contributed by atoms with van der Waals surface area (Å²) in [6.45, 7) is 6.30. The lowest BCUT2D eigenvalue weighted by Crippen LogP contribution is -2.39. The molecule has 0 saturated heterocycles. The Morgan fingerprint density at radius 2 is 1.71 bits per heavy atom. The van der Waals surface area contributed by atoms with Gasteiger partial charge in [-0.25, -0.2) is 4.79 Å². The molecule has 0 unspecified atom stereocenters. The fraction of sp³-hybridized carbons (Fsp3) is 0.500. The number of anilines is 1. The van der Waals surface area contributed by atoms with Gasteiger partial charge in [-0.2, -0.15) is 0 Å². The van der Waals surface area contributed by atoms with Gasteiger partial charge in [-0.15, -0.1) is 0 Å². The number of ether oxygens (including phenoxy) is 3. The number of carbonyl (C=O) groups excluding carboxylic acids is 1. The number of carbonyl (C=O) groups is 1. The highest BCUT2D eigenvalue weighted by Gasteiger charge is 2.15. The van der Waals surface area contributed by atoms with Crippen LogP contribution in [0.4, 0.5) is 10.5 Å². The molecule has 8 heteroatoms. The molecule has 1 rings (SSSR count). The van der Waals surface area contributed by atoms with E-state index in [-0.39, 0.29) is 0 Å². The first-order valence-electron chi connectivity index (χ1n) is 7.49. The van der Waals surface area contributed by atoms with Gasteiger partial charge in [-0.3, -0.25) is 0 Å². The minimum Gasteiger partial charge on any atom is -0.493 e. The molecular formula is C16H25N3O4S. The smallest absolute Gasteiger partial charge is 0.407 e. The fourth-order valence-electron chi connectivity index (χ4n) is 1.74. The number of benzene rings is 1. The monoisotopic (exact) mass is 355 g/mol. The molecule has 134 valence electrons. The molecule has 1 aromatic carbocycles. The zero-order chi connectivity index (χ0) is 18.2. The second-order valence-corrected chi connectivity index (χ2v) is 6.29. The first kappa shape index (κ1) is 19.8. The van der Waals surface area contributed by atoms with Gasteiger partial charge in [0.05, 0.1) is 14.2 Å². The van der Waals surface area contributed by atoms with Gasteiger partial charge in [0.25, 0.3) is 0 Å². The van der Waals surface area contributed by atoms with Gasteiger partial charge < -0.3 is 30.2 Å². The second kappa shape index (κ2) is 9.17. The Morgan fingerprint density at radius 3 is 2.29 bits per heavy atom. The van der Waals surface area contributed by atoms with Crippen LogP contribution in [0.15, 0.2) is 18.2 Å². The van der Waals surface area contributed by atoms with Crippen molar-refractivity contribution in [2.45, 2.75) is 26.4 Å². The van der Waals surface area contributed by atoms with Crippen LogP contribution in [0, 0.1) is 0 Å². The van der Waals surface area contributed by atoms with Crippen LogP contribution in [0.25, 0.3) is 0 Å². The summed E-state index contributed by atoms with van der Waals surface area (Å²) in [7, 11) is 3.15. The van der Waals surface area contributed by atoms with Gasteiger partial charge in [0.1, 0.15) is 5.60 Å². The van der Waals surface area contributed by atoms with Crippen molar-refractivity contribution in [2.24, 2.45) is 0 Å². The van der Waals surface area contributed by atoms with Crippen molar-refractivity contribution in [1.29, 1.82) is 0 Å². The van der Waals surface area contributed by atoms with Gasteiger partial charge in [0, 0.05) is 24.8 Å². The maximum Gasteiger partial charge on any atom is 0.407 e. The number of thiocarbonyl (C=S) groups is 1. The fourth-order valence-corrected chi connectivity index (χ4v) is 1.96. The topological polar surface area (TPSA) is 80.9 Å². The SMILES string of the molecule is COc1ccc(NC(=S)NCCNC(=O)OC(C)(C)C)cc1OC. The predicted octanol–water partition coefficient (Wildman–Crippen LogP) is 2.51. The molecule has 3 N–H and O–H groups in total. The van der Waals surface area contributed by atoms with E-state index in [9.17, 15) is 4.79 Å². The Kier molecular flexibility index (Phi) is 7.57. The van der Waals surface area contributed by atoms with Gasteiger partial charge >= 0.3 is 6.09 Å². The lowest BCUT2D eigenvalue weighted by Gasteiger charge is -2.19. The molecule has 24 heavy (non-hydrogen) atoms. The molecule has 1 amide bonds. The minimum absolute atomic E-state index is 0.392. The maximum atomic E-state index is 11.5. The normalized spacial score (nSPS) is 10.5. The van der Waals surface area contributed by atoms with E-state index >= 15 is 0 Å². The molecule has 7 nitrogen and oxygen atoms in total. The second-order valence-electron chi connectivity index (χ2n) is 5.88. The summed E-state index contributed by atoms with van der Waals surface area (Å²) in [6.07, 6.45) is -0.455. The zero-order valence-corrected chi connectivity index (χ0v) is 15.5. The molecule has 0 bridgehead atoms. The third-order valence-corrected chi connectivity index (χ3v) is 2.97. The Balaban J connectivity index is 2.35. The van der Waals surface area contributed by atoms with E-state index in [1.165, 1.54) is 0 Å². The highest BCUT2D eigenvalue weighted by molar-refractivity contribution is 7.80. The molecule has 0 fully saturated rings. The standard InChI is InChI=1S/C16H25N3O4S/c1-16(2,3)23-15(20)18-9-8-17-14(24)19-11-6-7-12(21-4)13(10-11)22-5/h6-7,10H,8-9H2,1-5H3,(H,18,20)(H2,17,19,24). The predicted molar refractivity (Wildman–Crippen MR) is 98.0 cm³/mol. The summed E-state index contributed by atoms with van der Waals surface area (Å²) in [6, 6.07) is 5.40. The largest absolute Gasteiger partial charge is 0.493 e. The van der Waals surface area contributed by atoms with Crippen molar-refractivity contribution >= 4 is 29.1 Å². The average Bonchev–Trinajstić information content (AvgIpc) is 2.49. The molecule has 0 heterocycles. The van der Waals surface area contributed by atoms with Crippen LogP contribution in [0.5, 0.6) is 11.5 Å². The molecule has 0 aromatic heterocycles. The number of nitrogens with one attached hydrogen (secondary N) is 3. The first-order valence-corrected chi connectivity index (χ1v) is 7.89. The Labute approximate surface area is 148 Å². The third-order valence-electron chi connectivity index (χ3n) is 2.72. The van der Waals surface area contributed by atoms with E-state index in [0.29, 0.717) is 29.7 Å². The van der Waals surface area contributed by atoms with E-state index in [1.54, 1.807) is 26.4 Å². The summed E-state index contributed by atoms with van der Waals surface area (Å²) in [5, 5.41) is 9.11. The van der Waals surface area contributed by atoms with Gasteiger partial charge in [-0.05, 0) is 45.1 Å². The third kappa shape index (κ3) is 7.36. The number of hydrogen-bond acceptors (Lipinski definition) is 5. The summed E-state index contributed by atoms with van der Waals surface area (Å²) < 4.78 is 15.5. The first-order chi connectivity index (χ1) is 11.2. The molecule has 0 spiro atoms. The van der Waals surface area contributed by atoms with E-state index in [1.807, 2.05) is 26.8 Å². The van der Waals surface area contributed by atoms with E-state index in [4.69, 9.17) is 26.4 Å². The Hall–Kier alpha value is -2.22. The number of alkyl carbamates (subject to hydrolysis) is 1. The van der Waals surface area contributed by atoms with Crippen molar-refractivity contribution in [3.8, 4) is 11.5 Å². The van der Waals surface area contributed by atoms with Crippen LogP contribution >= 0.6 is 12.2 Å². The molecule has 0 saturated carbocycles. The van der Waals surface area contributed by atoms with Crippen molar-refractivity contribution < 1.29 is 19.0 Å². The van der Waals surface area contributed by atoms with E-state index < -0.39 is 11.7 Å². The highest BCUT2D eigenvalue weighted by Crippen LogP contribution is 2.29. The van der Waals surface area contributed by atoms with Gasteiger partial charge in [-0.1, -0.05) is 0 Å². The lowest BCUT2D eigenvalue weighted by molar-refractivity contribution is 0.0529. The van der Waals surface area contributed by atoms with E-state index in [2.05, 4.69) is 16.0 Å². The van der Waals surface area contributed by atoms with Crippen molar-refractivity contribution in [2.75, 3.05) is 32.6 Å². The quantitative estimate of drug-likeness (QED) is 0.534. The van der Waals surface area contributed by atoms with E-state index in [0.717, 1.165) is 5.69 Å². The van der Waals surface area contributed by atoms with Crippen LogP contribution < -0.4 is 25.4 Å². The number of amides is 1. The number of methoxy groups -OCH3 is 2. The summed E-state index contributed by atoms with van der Waals surface area (Å²) in [5.41, 5.74) is 0.257. The van der Waals surface area contributed by atoms with Crippen LogP contribution in [-0.2, 0) is 4.74 Å². The Bertz CT molecular complexity index is 573. The van der Waals surface area contributed by atoms with Crippen molar-refractivity contribution in [1.82, 2.24) is 10.6 Å². The molecule has 0 aliphatic heterocycles. The molecule has 0 atom stereocenters. The minimum atomic E-state index is -0.512. The highest BCUT2D eigenvalue weighted by atomic mass is 32.1. The molecule has 0 aliphatic carbocycles. The van der Waals surface area contributed by atoms with Crippen LogP contribution in [-0.4, -0.2) is 44.1 Å². The number of rotatable bonds is 6. The Morgan fingerprint density at radius 1 is 1.08 bits per heavy atom. The zero-order valence-electron chi connectivity index (χ0n) is 14.7. The summed E-state index contributed by atoms with van der Waals surface area (Å²) in [4.78, 5) is 11.5. The van der Waals surface area contributed by atoms with Crippen molar-refractivity contribution in [3.63, 3.8) is 0 Å². The molecule has 0 radical (unpaired) electrons. The summed E-state index contributed by atoms with van der Waals surface area (Å²) in [5.74, 6) is 1.25. The van der Waals surface area contributed by atoms with Crippen molar-refractivity contribution in [3.05, 3.63) is 18.2 Å². The van der Waals surface area contributed by atoms with Crippen LogP contribution in [0.3, 0.4) is 0 Å². The van der Waals surface area contributed by atoms with Gasteiger partial charge in [0.15, 0.2) is 16.6 Å². The van der Waals surface area contributed by atoms with Crippen LogP contribution in [0.1, 0.15) is 20.8 Å². The summed E-state index contributed by atoms with van der Waals surface area (Å²) >= 11 is 5.21. The average molecular weight is 355 g/mol. The number of hydrogen-bond donors (Lipinski definition) is 3. The maximum absolute atomic E-state index is 11.5. The molecule has 0 aliphatic rings. The van der Waals surface area contributed by atoms with Crippen LogP contribution in [0.2, 0.25) is 0 Å². The lowest BCUT2D eigenvalue weighted by atomic mass is 10.2. The van der Waals surface area contributed by atoms with Gasteiger partial charge in [0.2, 0.25) is 0 Å².